The van der Waals surface area contributed by atoms with E-state index in [2.05, 4.69) is 35.1 Å². The fraction of sp³-hybridized carbons (Fsp3) is 0.471. The minimum Gasteiger partial charge on any atom is -0.441 e. The van der Waals surface area contributed by atoms with Gasteiger partial charge < -0.3 is 29.2 Å². The fourth-order valence-electron chi connectivity index (χ4n) is 3.03. The van der Waals surface area contributed by atoms with Gasteiger partial charge in [0.25, 0.3) is 0 Å². The SMILES string of the molecule is O=C(NCCCn1ccnc1)OCc1nc2nc(Cl)nc(N3CCOCC3)c2[nH]1. The summed E-state index contributed by atoms with van der Waals surface area (Å²) in [4.78, 5) is 33.9. The average Bonchev–Trinajstić information content (AvgIpc) is 3.39. The molecule has 0 unspecified atom stereocenters. The normalized spacial score (nSPS) is 14.3. The molecule has 29 heavy (non-hydrogen) atoms. The molecule has 0 aromatic carbocycles. The van der Waals surface area contributed by atoms with Gasteiger partial charge in [-0.1, -0.05) is 0 Å². The number of halogens is 1. The van der Waals surface area contributed by atoms with E-state index in [0.717, 1.165) is 13.0 Å². The summed E-state index contributed by atoms with van der Waals surface area (Å²) in [5, 5.41) is 2.83. The molecule has 2 N–H and O–H groups in total. The van der Waals surface area contributed by atoms with Crippen molar-refractivity contribution in [2.45, 2.75) is 19.6 Å². The van der Waals surface area contributed by atoms with Crippen LogP contribution in [-0.2, 0) is 22.6 Å². The Morgan fingerprint density at radius 1 is 1.31 bits per heavy atom. The van der Waals surface area contributed by atoms with E-state index in [1.54, 1.807) is 12.5 Å². The van der Waals surface area contributed by atoms with Crippen LogP contribution in [0.5, 0.6) is 0 Å². The quantitative estimate of drug-likeness (QED) is 0.433. The Morgan fingerprint density at radius 3 is 2.97 bits per heavy atom. The fourth-order valence-corrected chi connectivity index (χ4v) is 3.19. The van der Waals surface area contributed by atoms with Crippen molar-refractivity contribution in [3.63, 3.8) is 0 Å². The van der Waals surface area contributed by atoms with Gasteiger partial charge in [-0.15, -0.1) is 0 Å². The van der Waals surface area contributed by atoms with Gasteiger partial charge in [0, 0.05) is 38.6 Å². The molecular formula is C17H21ClN8O3. The number of nitrogens with zero attached hydrogens (tertiary/aromatic N) is 6. The molecule has 0 radical (unpaired) electrons. The van der Waals surface area contributed by atoms with Crippen molar-refractivity contribution in [2.24, 2.45) is 0 Å². The van der Waals surface area contributed by atoms with Crippen LogP contribution in [0.4, 0.5) is 10.6 Å². The maximum absolute atomic E-state index is 11.9. The molecule has 3 aromatic rings. The zero-order valence-electron chi connectivity index (χ0n) is 15.7. The number of alkyl carbamates (subject to hydrolysis) is 1. The van der Waals surface area contributed by atoms with E-state index in [1.807, 2.05) is 10.8 Å². The second-order valence-electron chi connectivity index (χ2n) is 6.45. The molecule has 0 bridgehead atoms. The van der Waals surface area contributed by atoms with Crippen LogP contribution in [0.3, 0.4) is 0 Å². The van der Waals surface area contributed by atoms with Crippen molar-refractivity contribution in [3.05, 3.63) is 29.8 Å². The van der Waals surface area contributed by atoms with Gasteiger partial charge in [-0.25, -0.2) is 14.8 Å². The number of fused-ring (bicyclic) bond motifs is 1. The predicted molar refractivity (Wildman–Crippen MR) is 105 cm³/mol. The predicted octanol–water partition coefficient (Wildman–Crippen LogP) is 1.36. The first kappa shape index (κ1) is 19.4. The number of morpholine rings is 1. The Morgan fingerprint density at radius 2 is 2.17 bits per heavy atom. The molecule has 3 aromatic heterocycles. The highest BCUT2D eigenvalue weighted by Crippen LogP contribution is 2.24. The maximum atomic E-state index is 11.9. The first-order chi connectivity index (χ1) is 14.2. The monoisotopic (exact) mass is 420 g/mol. The molecule has 1 saturated heterocycles. The number of carbonyl (C=O) groups is 1. The molecule has 0 atom stereocenters. The number of aromatic amines is 1. The Kier molecular flexibility index (Phi) is 6.06. The first-order valence-corrected chi connectivity index (χ1v) is 9.68. The smallest absolute Gasteiger partial charge is 0.407 e. The Bertz CT molecular complexity index is 955. The Labute approximate surface area is 171 Å². The van der Waals surface area contributed by atoms with E-state index in [4.69, 9.17) is 21.1 Å². The summed E-state index contributed by atoms with van der Waals surface area (Å²) >= 11 is 6.05. The number of H-pyrrole nitrogens is 1. The second-order valence-corrected chi connectivity index (χ2v) is 6.79. The van der Waals surface area contributed by atoms with E-state index in [0.29, 0.717) is 55.7 Å². The van der Waals surface area contributed by atoms with Crippen molar-refractivity contribution >= 4 is 34.7 Å². The zero-order chi connectivity index (χ0) is 20.1. The Hall–Kier alpha value is -2.92. The van der Waals surface area contributed by atoms with Crippen molar-refractivity contribution < 1.29 is 14.3 Å². The summed E-state index contributed by atoms with van der Waals surface area (Å²) in [6.45, 7) is 3.91. The van der Waals surface area contributed by atoms with Gasteiger partial charge >= 0.3 is 6.09 Å². The number of hydrogen-bond acceptors (Lipinski definition) is 8. The van der Waals surface area contributed by atoms with Gasteiger partial charge in [-0.3, -0.25) is 0 Å². The molecular weight excluding hydrogens is 400 g/mol. The summed E-state index contributed by atoms with van der Waals surface area (Å²) in [7, 11) is 0. The lowest BCUT2D eigenvalue weighted by Gasteiger charge is -2.27. The third-order valence-electron chi connectivity index (χ3n) is 4.43. The molecule has 4 rings (SSSR count). The van der Waals surface area contributed by atoms with E-state index in [1.165, 1.54) is 0 Å². The van der Waals surface area contributed by atoms with Gasteiger partial charge in [-0.2, -0.15) is 9.97 Å². The lowest BCUT2D eigenvalue weighted by molar-refractivity contribution is 0.122. The highest BCUT2D eigenvalue weighted by Gasteiger charge is 2.20. The van der Waals surface area contributed by atoms with Crippen LogP contribution in [-0.4, -0.2) is 68.4 Å². The number of amides is 1. The van der Waals surface area contributed by atoms with Crippen molar-refractivity contribution in [3.8, 4) is 0 Å². The standard InChI is InChI=1S/C17H21ClN8O3/c18-16-23-14-13(15(24-16)26-6-8-28-9-7-26)21-12(22-14)10-29-17(27)20-2-1-4-25-5-3-19-11-25/h3,5,11H,1-2,4,6-10H2,(H,20,27)(H,21,22,23,24). The molecule has 12 heteroatoms. The number of nitrogens with one attached hydrogen (secondary N) is 2. The van der Waals surface area contributed by atoms with Gasteiger partial charge in [0.1, 0.15) is 11.3 Å². The van der Waals surface area contributed by atoms with Gasteiger partial charge in [0.05, 0.1) is 19.5 Å². The number of hydrogen-bond donors (Lipinski definition) is 2. The summed E-state index contributed by atoms with van der Waals surface area (Å²) in [5.74, 6) is 1.14. The van der Waals surface area contributed by atoms with Crippen molar-refractivity contribution in [1.82, 2.24) is 34.8 Å². The highest BCUT2D eigenvalue weighted by atomic mass is 35.5. The van der Waals surface area contributed by atoms with E-state index >= 15 is 0 Å². The van der Waals surface area contributed by atoms with Crippen LogP contribution in [0.1, 0.15) is 12.2 Å². The minimum atomic E-state index is -0.506. The van der Waals surface area contributed by atoms with Crippen LogP contribution in [0.25, 0.3) is 11.2 Å². The minimum absolute atomic E-state index is 0.0100. The van der Waals surface area contributed by atoms with E-state index < -0.39 is 6.09 Å². The van der Waals surface area contributed by atoms with Crippen LogP contribution < -0.4 is 10.2 Å². The van der Waals surface area contributed by atoms with Gasteiger partial charge in [0.2, 0.25) is 5.28 Å². The van der Waals surface area contributed by atoms with Crippen LogP contribution >= 0.6 is 11.6 Å². The molecule has 1 aliphatic rings. The van der Waals surface area contributed by atoms with Gasteiger partial charge in [0.15, 0.2) is 18.1 Å². The number of rotatable bonds is 7. The summed E-state index contributed by atoms with van der Waals surface area (Å²) in [6.07, 6.45) is 5.60. The topological polar surface area (TPSA) is 123 Å². The van der Waals surface area contributed by atoms with Crippen molar-refractivity contribution in [1.29, 1.82) is 0 Å². The maximum Gasteiger partial charge on any atom is 0.407 e. The molecule has 1 aliphatic heterocycles. The number of carbonyl (C=O) groups excluding carboxylic acids is 1. The lowest BCUT2D eigenvalue weighted by Crippen LogP contribution is -2.37. The second kappa shape index (κ2) is 9.05. The zero-order valence-corrected chi connectivity index (χ0v) is 16.4. The number of ether oxygens (including phenoxy) is 2. The Balaban J connectivity index is 1.32. The third-order valence-corrected chi connectivity index (χ3v) is 4.59. The molecule has 154 valence electrons. The average molecular weight is 421 g/mol. The molecule has 1 fully saturated rings. The lowest BCUT2D eigenvalue weighted by atomic mass is 10.4. The summed E-state index contributed by atoms with van der Waals surface area (Å²) in [5.41, 5.74) is 1.10. The number of aryl methyl sites for hydroxylation is 1. The van der Waals surface area contributed by atoms with Crippen LogP contribution in [0, 0.1) is 0 Å². The van der Waals surface area contributed by atoms with E-state index in [9.17, 15) is 4.79 Å². The number of anilines is 1. The summed E-state index contributed by atoms with van der Waals surface area (Å²) < 4.78 is 12.6. The van der Waals surface area contributed by atoms with Crippen LogP contribution in [0.15, 0.2) is 18.7 Å². The third kappa shape index (κ3) is 4.93. The van der Waals surface area contributed by atoms with Gasteiger partial charge in [-0.05, 0) is 18.0 Å². The first-order valence-electron chi connectivity index (χ1n) is 9.30. The molecule has 11 nitrogen and oxygen atoms in total. The molecule has 0 aliphatic carbocycles. The molecule has 1 amide bonds. The number of aromatic nitrogens is 6. The summed E-state index contributed by atoms with van der Waals surface area (Å²) in [6, 6.07) is 0. The van der Waals surface area contributed by atoms with Crippen molar-refractivity contribution in [2.75, 3.05) is 37.7 Å². The number of imidazole rings is 2. The molecule has 4 heterocycles. The highest BCUT2D eigenvalue weighted by molar-refractivity contribution is 6.28. The van der Waals surface area contributed by atoms with E-state index in [-0.39, 0.29) is 11.9 Å². The van der Waals surface area contributed by atoms with Crippen LogP contribution in [0.2, 0.25) is 5.28 Å². The molecule has 0 spiro atoms. The molecule has 0 saturated carbocycles. The largest absolute Gasteiger partial charge is 0.441 e.